The van der Waals surface area contributed by atoms with E-state index in [9.17, 15) is 14.4 Å². The van der Waals surface area contributed by atoms with Crippen LogP contribution in [0.15, 0.2) is 29.3 Å². The van der Waals surface area contributed by atoms with E-state index in [1.807, 2.05) is 0 Å². The van der Waals surface area contributed by atoms with Gasteiger partial charge in [0.2, 0.25) is 5.91 Å². The monoisotopic (exact) mass is 355 g/mol. The lowest BCUT2D eigenvalue weighted by atomic mass is 10.1. The number of halogens is 1. The lowest BCUT2D eigenvalue weighted by Crippen LogP contribution is -2.30. The van der Waals surface area contributed by atoms with E-state index < -0.39 is 12.0 Å². The molecule has 3 amide bonds. The molecule has 1 aromatic carbocycles. The van der Waals surface area contributed by atoms with Crippen LogP contribution in [0.3, 0.4) is 0 Å². The third kappa shape index (κ3) is 5.65. The molecule has 0 aromatic heterocycles. The first-order valence-electron chi connectivity index (χ1n) is 5.82. The van der Waals surface area contributed by atoms with E-state index in [0.717, 1.165) is 0 Å². The van der Waals surface area contributed by atoms with Crippen molar-refractivity contribution in [3.05, 3.63) is 34.8 Å². The summed E-state index contributed by atoms with van der Waals surface area (Å²) in [4.78, 5) is 33.8. The van der Waals surface area contributed by atoms with Crippen LogP contribution in [0.5, 0.6) is 0 Å². The van der Waals surface area contributed by atoms with Crippen molar-refractivity contribution in [3.8, 4) is 0 Å². The fraction of sp³-hybridized carbons (Fsp3) is 0.154. The van der Waals surface area contributed by atoms with Crippen molar-refractivity contribution in [2.75, 3.05) is 17.2 Å². The lowest BCUT2D eigenvalue weighted by Gasteiger charge is -2.11. The SMILES string of the molecule is C=C(Br)CNC(=O)Nc1ccc(NC(C)=O)cc1C(=O)O. The Morgan fingerprint density at radius 2 is 1.95 bits per heavy atom. The van der Waals surface area contributed by atoms with Crippen molar-refractivity contribution >= 4 is 45.2 Å². The summed E-state index contributed by atoms with van der Waals surface area (Å²) in [6.45, 7) is 5.08. The Bertz CT molecular complexity index is 601. The highest BCUT2D eigenvalue weighted by Crippen LogP contribution is 2.21. The summed E-state index contributed by atoms with van der Waals surface area (Å²) in [6.07, 6.45) is 0. The van der Waals surface area contributed by atoms with E-state index in [1.54, 1.807) is 0 Å². The van der Waals surface area contributed by atoms with Gasteiger partial charge in [-0.2, -0.15) is 0 Å². The summed E-state index contributed by atoms with van der Waals surface area (Å²) in [5.41, 5.74) is 0.322. The van der Waals surface area contributed by atoms with Gasteiger partial charge in [-0.25, -0.2) is 9.59 Å². The second-order valence-corrected chi connectivity index (χ2v) is 5.19. The first-order chi connectivity index (χ1) is 9.79. The molecular formula is C13H14BrN3O4. The molecule has 0 unspecified atom stereocenters. The molecule has 4 N–H and O–H groups in total. The molecule has 0 aliphatic carbocycles. The fourth-order valence-electron chi connectivity index (χ4n) is 1.45. The van der Waals surface area contributed by atoms with Gasteiger partial charge in [-0.1, -0.05) is 22.5 Å². The van der Waals surface area contributed by atoms with Crippen molar-refractivity contribution in [2.24, 2.45) is 0 Å². The predicted octanol–water partition coefficient (Wildman–Crippen LogP) is 2.37. The summed E-state index contributed by atoms with van der Waals surface area (Å²) in [7, 11) is 0. The van der Waals surface area contributed by atoms with Gasteiger partial charge in [-0.15, -0.1) is 0 Å². The first-order valence-corrected chi connectivity index (χ1v) is 6.62. The van der Waals surface area contributed by atoms with E-state index >= 15 is 0 Å². The molecule has 0 atom stereocenters. The summed E-state index contributed by atoms with van der Waals surface area (Å²) < 4.78 is 0.581. The standard InChI is InChI=1S/C13H14BrN3O4/c1-7(14)6-15-13(21)17-11-4-3-9(16-8(2)18)5-10(11)12(19)20/h3-5H,1,6H2,2H3,(H,16,18)(H,19,20)(H2,15,17,21). The smallest absolute Gasteiger partial charge is 0.337 e. The fourth-order valence-corrected chi connectivity index (χ4v) is 1.59. The maximum Gasteiger partial charge on any atom is 0.337 e. The van der Waals surface area contributed by atoms with Crippen LogP contribution in [0.1, 0.15) is 17.3 Å². The molecule has 0 heterocycles. The number of hydrogen-bond acceptors (Lipinski definition) is 3. The molecule has 21 heavy (non-hydrogen) atoms. The highest BCUT2D eigenvalue weighted by atomic mass is 79.9. The highest BCUT2D eigenvalue weighted by Gasteiger charge is 2.13. The van der Waals surface area contributed by atoms with Crippen molar-refractivity contribution in [1.82, 2.24) is 5.32 Å². The van der Waals surface area contributed by atoms with Crippen molar-refractivity contribution in [2.45, 2.75) is 6.92 Å². The molecule has 0 aliphatic heterocycles. The zero-order chi connectivity index (χ0) is 16.0. The van der Waals surface area contributed by atoms with Crippen LogP contribution in [-0.2, 0) is 4.79 Å². The number of urea groups is 1. The molecule has 1 aromatic rings. The van der Waals surface area contributed by atoms with Crippen LogP contribution in [0.25, 0.3) is 0 Å². The zero-order valence-corrected chi connectivity index (χ0v) is 12.8. The minimum atomic E-state index is -1.22. The number of hydrogen-bond donors (Lipinski definition) is 4. The number of aromatic carboxylic acids is 1. The quantitative estimate of drug-likeness (QED) is 0.650. The molecule has 7 nitrogen and oxygen atoms in total. The number of benzene rings is 1. The third-order valence-electron chi connectivity index (χ3n) is 2.26. The normalized spacial score (nSPS) is 9.62. The topological polar surface area (TPSA) is 108 Å². The molecule has 0 spiro atoms. The van der Waals surface area contributed by atoms with Crippen LogP contribution in [0, 0.1) is 0 Å². The van der Waals surface area contributed by atoms with E-state index in [4.69, 9.17) is 5.11 Å². The zero-order valence-electron chi connectivity index (χ0n) is 11.2. The van der Waals surface area contributed by atoms with E-state index in [0.29, 0.717) is 10.2 Å². The predicted molar refractivity (Wildman–Crippen MR) is 82.8 cm³/mol. The van der Waals surface area contributed by atoms with E-state index in [1.165, 1.54) is 25.1 Å². The molecule has 0 aliphatic rings. The average molecular weight is 356 g/mol. The van der Waals surface area contributed by atoms with Crippen molar-refractivity contribution in [3.63, 3.8) is 0 Å². The third-order valence-corrected chi connectivity index (χ3v) is 2.54. The van der Waals surface area contributed by atoms with Gasteiger partial charge in [0.1, 0.15) is 0 Å². The summed E-state index contributed by atoms with van der Waals surface area (Å²) in [5.74, 6) is -1.54. The number of carbonyl (C=O) groups excluding carboxylic acids is 2. The second kappa shape index (κ2) is 7.44. The number of rotatable bonds is 5. The van der Waals surface area contributed by atoms with Crippen LogP contribution in [0.4, 0.5) is 16.2 Å². The molecule has 1 rings (SSSR count). The Kier molecular flexibility index (Phi) is 5.92. The molecule has 0 fully saturated rings. The minimum Gasteiger partial charge on any atom is -0.478 e. The van der Waals surface area contributed by atoms with Gasteiger partial charge in [0, 0.05) is 17.1 Å². The number of amides is 3. The van der Waals surface area contributed by atoms with Gasteiger partial charge in [0.15, 0.2) is 0 Å². The summed E-state index contributed by atoms with van der Waals surface area (Å²) in [5, 5.41) is 16.5. The maximum atomic E-state index is 11.6. The Balaban J connectivity index is 2.91. The van der Waals surface area contributed by atoms with Crippen LogP contribution < -0.4 is 16.0 Å². The van der Waals surface area contributed by atoms with Gasteiger partial charge < -0.3 is 21.1 Å². The van der Waals surface area contributed by atoms with Crippen molar-refractivity contribution < 1.29 is 19.5 Å². The molecule has 0 saturated carbocycles. The Morgan fingerprint density at radius 1 is 1.29 bits per heavy atom. The molecule has 8 heteroatoms. The number of carboxylic acids is 1. The van der Waals surface area contributed by atoms with Gasteiger partial charge in [-0.05, 0) is 18.2 Å². The van der Waals surface area contributed by atoms with Crippen LogP contribution >= 0.6 is 15.9 Å². The Hall–Kier alpha value is -2.35. The minimum absolute atomic E-state index is 0.120. The number of nitrogens with one attached hydrogen (secondary N) is 3. The summed E-state index contributed by atoms with van der Waals surface area (Å²) >= 11 is 3.09. The highest BCUT2D eigenvalue weighted by molar-refractivity contribution is 9.11. The van der Waals surface area contributed by atoms with Crippen molar-refractivity contribution in [1.29, 1.82) is 0 Å². The Labute approximate surface area is 129 Å². The number of anilines is 2. The molecule has 112 valence electrons. The maximum absolute atomic E-state index is 11.6. The molecule has 0 bridgehead atoms. The van der Waals surface area contributed by atoms with Gasteiger partial charge >= 0.3 is 12.0 Å². The van der Waals surface area contributed by atoms with Crippen LogP contribution in [0.2, 0.25) is 0 Å². The Morgan fingerprint density at radius 3 is 2.48 bits per heavy atom. The molecular weight excluding hydrogens is 342 g/mol. The molecule has 0 saturated heterocycles. The van der Waals surface area contributed by atoms with E-state index in [2.05, 4.69) is 38.5 Å². The average Bonchev–Trinajstić information content (AvgIpc) is 2.37. The van der Waals surface area contributed by atoms with Gasteiger partial charge in [0.05, 0.1) is 17.8 Å². The number of carboxylic acid groups (broad SMARTS) is 1. The van der Waals surface area contributed by atoms with E-state index in [-0.39, 0.29) is 23.7 Å². The largest absolute Gasteiger partial charge is 0.478 e. The lowest BCUT2D eigenvalue weighted by molar-refractivity contribution is -0.114. The number of carbonyl (C=O) groups is 3. The molecule has 0 radical (unpaired) electrons. The summed E-state index contributed by atoms with van der Waals surface area (Å²) in [6, 6.07) is 3.60. The first kappa shape index (κ1) is 16.7. The van der Waals surface area contributed by atoms with Crippen LogP contribution in [-0.4, -0.2) is 29.6 Å². The van der Waals surface area contributed by atoms with Gasteiger partial charge in [-0.3, -0.25) is 4.79 Å². The van der Waals surface area contributed by atoms with Gasteiger partial charge in [0.25, 0.3) is 0 Å². The second-order valence-electron chi connectivity index (χ2n) is 4.07.